The normalized spacial score (nSPS) is 26.2. The minimum Gasteiger partial charge on any atom is -0.380 e. The van der Waals surface area contributed by atoms with E-state index in [4.69, 9.17) is 10.5 Å². The molecule has 1 fully saturated rings. The molecule has 1 aliphatic carbocycles. The van der Waals surface area contributed by atoms with Crippen molar-refractivity contribution < 1.29 is 9.53 Å². The van der Waals surface area contributed by atoms with Gasteiger partial charge in [0.2, 0.25) is 5.91 Å². The SMILES string of the molecule is COC1CC1(C(N)=O)c1ccc2ccccc2n1. The van der Waals surface area contributed by atoms with Gasteiger partial charge in [-0.1, -0.05) is 24.3 Å². The number of para-hydroxylation sites is 1. The number of rotatable bonds is 3. The number of hydrogen-bond acceptors (Lipinski definition) is 3. The molecule has 2 unspecified atom stereocenters. The summed E-state index contributed by atoms with van der Waals surface area (Å²) < 4.78 is 5.26. The molecule has 0 spiro atoms. The first-order chi connectivity index (χ1) is 8.68. The van der Waals surface area contributed by atoms with Gasteiger partial charge in [-0.25, -0.2) is 0 Å². The zero-order valence-electron chi connectivity index (χ0n) is 10.1. The molecular formula is C14H14N2O2. The zero-order valence-corrected chi connectivity index (χ0v) is 10.1. The lowest BCUT2D eigenvalue weighted by Gasteiger charge is -2.12. The lowest BCUT2D eigenvalue weighted by Crippen LogP contribution is -2.33. The van der Waals surface area contributed by atoms with E-state index < -0.39 is 5.41 Å². The quantitative estimate of drug-likeness (QED) is 0.884. The van der Waals surface area contributed by atoms with Gasteiger partial charge in [0.15, 0.2) is 0 Å². The number of hydrogen-bond donors (Lipinski definition) is 1. The van der Waals surface area contributed by atoms with Crippen LogP contribution in [-0.2, 0) is 14.9 Å². The molecule has 2 aromatic rings. The second-order valence-electron chi connectivity index (χ2n) is 4.65. The van der Waals surface area contributed by atoms with Gasteiger partial charge in [0, 0.05) is 12.5 Å². The van der Waals surface area contributed by atoms with Crippen LogP contribution in [-0.4, -0.2) is 24.1 Å². The van der Waals surface area contributed by atoms with Crippen molar-refractivity contribution in [1.29, 1.82) is 0 Å². The fraction of sp³-hybridized carbons (Fsp3) is 0.286. The van der Waals surface area contributed by atoms with Crippen LogP contribution in [0.1, 0.15) is 12.1 Å². The number of fused-ring (bicyclic) bond motifs is 1. The van der Waals surface area contributed by atoms with E-state index in [-0.39, 0.29) is 12.0 Å². The Bertz CT molecular complexity index is 626. The summed E-state index contributed by atoms with van der Waals surface area (Å²) in [6, 6.07) is 11.6. The number of primary amides is 1. The van der Waals surface area contributed by atoms with Crippen LogP contribution in [0.2, 0.25) is 0 Å². The van der Waals surface area contributed by atoms with Gasteiger partial charge < -0.3 is 10.5 Å². The third kappa shape index (κ3) is 1.42. The fourth-order valence-electron chi connectivity index (χ4n) is 2.49. The Morgan fingerprint density at radius 1 is 1.39 bits per heavy atom. The molecule has 1 aromatic carbocycles. The summed E-state index contributed by atoms with van der Waals surface area (Å²) in [4.78, 5) is 16.2. The number of amides is 1. The summed E-state index contributed by atoms with van der Waals surface area (Å²) in [6.45, 7) is 0. The molecule has 4 nitrogen and oxygen atoms in total. The van der Waals surface area contributed by atoms with Crippen molar-refractivity contribution in [3.8, 4) is 0 Å². The van der Waals surface area contributed by atoms with Crippen molar-refractivity contribution in [1.82, 2.24) is 4.98 Å². The van der Waals surface area contributed by atoms with E-state index in [1.807, 2.05) is 36.4 Å². The molecule has 0 saturated heterocycles. The summed E-state index contributed by atoms with van der Waals surface area (Å²) in [5.41, 5.74) is 6.36. The number of nitrogens with zero attached hydrogens (tertiary/aromatic N) is 1. The van der Waals surface area contributed by atoms with Gasteiger partial charge in [0.25, 0.3) is 0 Å². The highest BCUT2D eigenvalue weighted by molar-refractivity contribution is 5.91. The van der Waals surface area contributed by atoms with Crippen LogP contribution in [0.15, 0.2) is 36.4 Å². The predicted octanol–water partition coefficient (Wildman–Crippen LogP) is 1.38. The first-order valence-electron chi connectivity index (χ1n) is 5.87. The molecule has 0 aliphatic heterocycles. The second kappa shape index (κ2) is 3.78. The lowest BCUT2D eigenvalue weighted by atomic mass is 9.99. The Labute approximate surface area is 105 Å². The minimum atomic E-state index is -0.737. The van der Waals surface area contributed by atoms with Crippen LogP contribution in [0.5, 0.6) is 0 Å². The molecule has 92 valence electrons. The molecule has 0 bridgehead atoms. The van der Waals surface area contributed by atoms with E-state index in [2.05, 4.69) is 4.98 Å². The van der Waals surface area contributed by atoms with Crippen LogP contribution in [0.25, 0.3) is 10.9 Å². The highest BCUT2D eigenvalue weighted by Gasteiger charge is 2.62. The largest absolute Gasteiger partial charge is 0.380 e. The standard InChI is InChI=1S/C14H14N2O2/c1-18-12-8-14(12,13(15)17)11-7-6-9-4-2-3-5-10(9)16-11/h2-7,12H,8H2,1H3,(H2,15,17). The smallest absolute Gasteiger partial charge is 0.232 e. The van der Waals surface area contributed by atoms with Gasteiger partial charge in [-0.2, -0.15) is 0 Å². The van der Waals surface area contributed by atoms with Crippen molar-refractivity contribution in [3.63, 3.8) is 0 Å². The van der Waals surface area contributed by atoms with Crippen LogP contribution in [0, 0.1) is 0 Å². The molecule has 0 radical (unpaired) electrons. The van der Waals surface area contributed by atoms with Crippen LogP contribution >= 0.6 is 0 Å². The van der Waals surface area contributed by atoms with E-state index in [1.165, 1.54) is 0 Å². The van der Waals surface area contributed by atoms with E-state index in [1.54, 1.807) is 7.11 Å². The van der Waals surface area contributed by atoms with Gasteiger partial charge in [0.05, 0.1) is 17.3 Å². The van der Waals surface area contributed by atoms with Crippen molar-refractivity contribution in [2.24, 2.45) is 5.73 Å². The summed E-state index contributed by atoms with van der Waals surface area (Å²) in [5, 5.41) is 1.05. The minimum absolute atomic E-state index is 0.149. The van der Waals surface area contributed by atoms with Gasteiger partial charge >= 0.3 is 0 Å². The molecule has 1 heterocycles. The summed E-state index contributed by atoms with van der Waals surface area (Å²) >= 11 is 0. The number of nitrogens with two attached hydrogens (primary N) is 1. The van der Waals surface area contributed by atoms with Gasteiger partial charge in [-0.05, 0) is 18.6 Å². The maximum atomic E-state index is 11.7. The average molecular weight is 242 g/mol. The first-order valence-corrected chi connectivity index (χ1v) is 5.87. The maximum Gasteiger partial charge on any atom is 0.232 e. The summed E-state index contributed by atoms with van der Waals surface area (Å²) in [6.07, 6.45) is 0.466. The van der Waals surface area contributed by atoms with Crippen molar-refractivity contribution >= 4 is 16.8 Å². The van der Waals surface area contributed by atoms with Crippen molar-refractivity contribution in [2.75, 3.05) is 7.11 Å². The first kappa shape index (κ1) is 11.2. The van der Waals surface area contributed by atoms with Gasteiger partial charge in [-0.15, -0.1) is 0 Å². The topological polar surface area (TPSA) is 65.2 Å². The number of ether oxygens (including phenoxy) is 1. The third-order valence-electron chi connectivity index (χ3n) is 3.68. The average Bonchev–Trinajstić information content (AvgIpc) is 3.14. The molecule has 4 heteroatoms. The predicted molar refractivity (Wildman–Crippen MR) is 68.0 cm³/mol. The Morgan fingerprint density at radius 3 is 2.83 bits per heavy atom. The highest BCUT2D eigenvalue weighted by atomic mass is 16.5. The lowest BCUT2D eigenvalue weighted by molar-refractivity contribution is -0.121. The number of pyridine rings is 1. The van der Waals surface area contributed by atoms with Crippen LogP contribution in [0.4, 0.5) is 0 Å². The van der Waals surface area contributed by atoms with Crippen molar-refractivity contribution in [3.05, 3.63) is 42.1 Å². The Balaban J connectivity index is 2.12. The summed E-state index contributed by atoms with van der Waals surface area (Å²) in [5.74, 6) is -0.364. The van der Waals surface area contributed by atoms with E-state index in [9.17, 15) is 4.79 Å². The van der Waals surface area contributed by atoms with Gasteiger partial charge in [-0.3, -0.25) is 9.78 Å². The molecular weight excluding hydrogens is 228 g/mol. The molecule has 2 atom stereocenters. The number of carbonyl (C=O) groups excluding carboxylic acids is 1. The molecule has 3 rings (SSSR count). The molecule has 18 heavy (non-hydrogen) atoms. The Morgan fingerprint density at radius 2 is 2.17 bits per heavy atom. The highest BCUT2D eigenvalue weighted by Crippen LogP contribution is 2.49. The number of benzene rings is 1. The molecule has 1 aliphatic rings. The Hall–Kier alpha value is -1.94. The zero-order chi connectivity index (χ0) is 12.8. The number of methoxy groups -OCH3 is 1. The number of carbonyl (C=O) groups is 1. The molecule has 1 saturated carbocycles. The fourth-order valence-corrected chi connectivity index (χ4v) is 2.49. The molecule has 2 N–H and O–H groups in total. The maximum absolute atomic E-state index is 11.7. The molecule has 1 amide bonds. The van der Waals surface area contributed by atoms with Crippen molar-refractivity contribution in [2.45, 2.75) is 17.9 Å². The van der Waals surface area contributed by atoms with E-state index in [0.29, 0.717) is 12.1 Å². The number of aromatic nitrogens is 1. The van der Waals surface area contributed by atoms with Gasteiger partial charge in [0.1, 0.15) is 5.41 Å². The van der Waals surface area contributed by atoms with Crippen LogP contribution < -0.4 is 5.73 Å². The monoisotopic (exact) mass is 242 g/mol. The summed E-state index contributed by atoms with van der Waals surface area (Å²) in [7, 11) is 1.59. The van der Waals surface area contributed by atoms with E-state index in [0.717, 1.165) is 10.9 Å². The third-order valence-corrected chi connectivity index (χ3v) is 3.68. The molecule has 1 aromatic heterocycles. The van der Waals surface area contributed by atoms with E-state index >= 15 is 0 Å². The Kier molecular flexibility index (Phi) is 2.35. The van der Waals surface area contributed by atoms with Crippen LogP contribution in [0.3, 0.4) is 0 Å². The second-order valence-corrected chi connectivity index (χ2v) is 4.65.